The Labute approximate surface area is 192 Å². The number of alkyl halides is 3. The predicted molar refractivity (Wildman–Crippen MR) is 120 cm³/mol. The van der Waals surface area contributed by atoms with Crippen molar-refractivity contribution in [1.82, 2.24) is 19.7 Å². The van der Waals surface area contributed by atoms with Crippen molar-refractivity contribution in [3.8, 4) is 16.4 Å². The van der Waals surface area contributed by atoms with Crippen molar-refractivity contribution in [3.63, 3.8) is 0 Å². The first kappa shape index (κ1) is 22.7. The standard InChI is InChI=1S/C23H20F3N5OS/c1-3-15-4-6-16(7-5-15)22-28-18(13-33-22)11-21(32)29-20-10-14(2)30-31(20)19-9-8-17(12-27-19)23(24,25)26/h4-10,12-13H,3,11H2,1-2H3,(H,29,32). The van der Waals surface area contributed by atoms with Gasteiger partial charge >= 0.3 is 6.18 Å². The third kappa shape index (κ3) is 5.28. The maximum Gasteiger partial charge on any atom is 0.417 e. The summed E-state index contributed by atoms with van der Waals surface area (Å²) in [6.45, 7) is 3.81. The van der Waals surface area contributed by atoms with Gasteiger partial charge in [-0.2, -0.15) is 23.0 Å². The van der Waals surface area contributed by atoms with Gasteiger partial charge in [0, 0.05) is 23.2 Å². The largest absolute Gasteiger partial charge is 0.417 e. The molecule has 3 aromatic heterocycles. The van der Waals surface area contributed by atoms with Gasteiger partial charge < -0.3 is 5.32 Å². The van der Waals surface area contributed by atoms with Gasteiger partial charge in [0.15, 0.2) is 5.82 Å². The number of benzene rings is 1. The summed E-state index contributed by atoms with van der Waals surface area (Å²) in [7, 11) is 0. The third-order valence-corrected chi connectivity index (χ3v) is 5.83. The molecule has 6 nitrogen and oxygen atoms in total. The van der Waals surface area contributed by atoms with Gasteiger partial charge in [-0.15, -0.1) is 11.3 Å². The van der Waals surface area contributed by atoms with Crippen LogP contribution in [0.15, 0.2) is 54.0 Å². The van der Waals surface area contributed by atoms with E-state index < -0.39 is 11.7 Å². The van der Waals surface area contributed by atoms with E-state index in [0.29, 0.717) is 17.2 Å². The number of nitrogens with one attached hydrogen (secondary N) is 1. The highest BCUT2D eigenvalue weighted by Crippen LogP contribution is 2.29. The van der Waals surface area contributed by atoms with Crippen molar-refractivity contribution in [1.29, 1.82) is 0 Å². The van der Waals surface area contributed by atoms with Crippen LogP contribution in [0.3, 0.4) is 0 Å². The number of carbonyl (C=O) groups excluding carboxylic acids is 1. The Morgan fingerprint density at radius 1 is 1.15 bits per heavy atom. The highest BCUT2D eigenvalue weighted by atomic mass is 32.1. The second-order valence-corrected chi connectivity index (χ2v) is 8.26. The molecule has 0 atom stereocenters. The highest BCUT2D eigenvalue weighted by molar-refractivity contribution is 7.13. The summed E-state index contributed by atoms with van der Waals surface area (Å²) < 4.78 is 39.7. The van der Waals surface area contributed by atoms with E-state index in [-0.39, 0.29) is 18.1 Å². The molecule has 1 N–H and O–H groups in total. The van der Waals surface area contributed by atoms with E-state index in [1.807, 2.05) is 17.5 Å². The van der Waals surface area contributed by atoms with E-state index in [9.17, 15) is 18.0 Å². The van der Waals surface area contributed by atoms with Crippen LogP contribution < -0.4 is 5.32 Å². The molecule has 0 unspecified atom stereocenters. The lowest BCUT2D eigenvalue weighted by Gasteiger charge is -2.10. The molecule has 33 heavy (non-hydrogen) atoms. The Hall–Kier alpha value is -3.53. The van der Waals surface area contributed by atoms with Crippen LogP contribution in [0.1, 0.15) is 29.4 Å². The maximum absolute atomic E-state index is 12.8. The Morgan fingerprint density at radius 3 is 2.55 bits per heavy atom. The zero-order chi connectivity index (χ0) is 23.6. The molecule has 0 saturated heterocycles. The molecular weight excluding hydrogens is 451 g/mol. The van der Waals surface area contributed by atoms with Crippen molar-refractivity contribution in [2.75, 3.05) is 5.32 Å². The molecule has 0 aliphatic rings. The lowest BCUT2D eigenvalue weighted by Crippen LogP contribution is -2.17. The summed E-state index contributed by atoms with van der Waals surface area (Å²) in [5, 5.41) is 9.65. The van der Waals surface area contributed by atoms with Gasteiger partial charge in [0.25, 0.3) is 0 Å². The third-order valence-electron chi connectivity index (χ3n) is 4.89. The minimum Gasteiger partial charge on any atom is -0.310 e. The average molecular weight is 472 g/mol. The Balaban J connectivity index is 1.47. The Bertz CT molecular complexity index is 1260. The van der Waals surface area contributed by atoms with E-state index in [1.165, 1.54) is 27.6 Å². The average Bonchev–Trinajstić information content (AvgIpc) is 3.39. The monoisotopic (exact) mass is 471 g/mol. The Kier molecular flexibility index (Phi) is 6.28. The molecule has 0 radical (unpaired) electrons. The van der Waals surface area contributed by atoms with E-state index in [0.717, 1.165) is 29.3 Å². The number of anilines is 1. The second kappa shape index (κ2) is 9.14. The number of halogens is 3. The van der Waals surface area contributed by atoms with Gasteiger partial charge in [-0.05, 0) is 31.0 Å². The molecule has 4 aromatic rings. The first-order valence-corrected chi connectivity index (χ1v) is 11.0. The summed E-state index contributed by atoms with van der Waals surface area (Å²) in [4.78, 5) is 21.0. The molecule has 1 amide bonds. The van der Waals surface area contributed by atoms with E-state index in [1.54, 1.807) is 13.0 Å². The topological polar surface area (TPSA) is 72.7 Å². The molecule has 0 aliphatic heterocycles. The summed E-state index contributed by atoms with van der Waals surface area (Å²) in [6.07, 6.45) is -2.73. The number of pyridine rings is 1. The van der Waals surface area contributed by atoms with E-state index in [2.05, 4.69) is 39.4 Å². The quantitative estimate of drug-likeness (QED) is 0.405. The molecule has 4 rings (SSSR count). The van der Waals surface area contributed by atoms with Crippen molar-refractivity contribution in [3.05, 3.63) is 76.6 Å². The van der Waals surface area contributed by atoms with Crippen molar-refractivity contribution in [2.24, 2.45) is 0 Å². The highest BCUT2D eigenvalue weighted by Gasteiger charge is 2.30. The molecule has 0 aliphatic carbocycles. The summed E-state index contributed by atoms with van der Waals surface area (Å²) in [5.41, 5.74) is 2.58. The lowest BCUT2D eigenvalue weighted by atomic mass is 10.1. The van der Waals surface area contributed by atoms with Crippen molar-refractivity contribution in [2.45, 2.75) is 32.9 Å². The summed E-state index contributed by atoms with van der Waals surface area (Å²) >= 11 is 1.46. The van der Waals surface area contributed by atoms with Crippen molar-refractivity contribution < 1.29 is 18.0 Å². The second-order valence-electron chi connectivity index (χ2n) is 7.41. The number of hydrogen-bond acceptors (Lipinski definition) is 5. The van der Waals surface area contributed by atoms with Crippen LogP contribution in [0, 0.1) is 6.92 Å². The number of thiazole rings is 1. The van der Waals surface area contributed by atoms with Crippen molar-refractivity contribution >= 4 is 23.1 Å². The normalized spacial score (nSPS) is 11.5. The van der Waals surface area contributed by atoms with Gasteiger partial charge in [0.2, 0.25) is 5.91 Å². The first-order valence-electron chi connectivity index (χ1n) is 10.2. The minimum absolute atomic E-state index is 0.0498. The summed E-state index contributed by atoms with van der Waals surface area (Å²) in [6, 6.07) is 11.9. The number of aryl methyl sites for hydroxylation is 2. The van der Waals surface area contributed by atoms with Crippen LogP contribution in [0.2, 0.25) is 0 Å². The number of carbonyl (C=O) groups is 1. The molecule has 1 aromatic carbocycles. The molecule has 10 heteroatoms. The smallest absolute Gasteiger partial charge is 0.310 e. The van der Waals surface area contributed by atoms with Gasteiger partial charge in [0.05, 0.1) is 23.4 Å². The minimum atomic E-state index is -4.48. The Morgan fingerprint density at radius 2 is 1.91 bits per heavy atom. The SMILES string of the molecule is CCc1ccc(-c2nc(CC(=O)Nc3cc(C)nn3-c3ccc(C(F)(F)F)cn3)cs2)cc1. The van der Waals surface area contributed by atoms with Crippen LogP contribution in [0.25, 0.3) is 16.4 Å². The fraction of sp³-hybridized carbons (Fsp3) is 0.217. The molecular formula is C23H20F3N5OS. The molecule has 0 saturated carbocycles. The number of rotatable bonds is 6. The van der Waals surface area contributed by atoms with Crippen LogP contribution in [-0.4, -0.2) is 25.7 Å². The zero-order valence-corrected chi connectivity index (χ0v) is 18.7. The summed E-state index contributed by atoms with van der Waals surface area (Å²) in [5.74, 6) is 0.162. The zero-order valence-electron chi connectivity index (χ0n) is 17.8. The fourth-order valence-electron chi connectivity index (χ4n) is 3.20. The number of nitrogens with zero attached hydrogens (tertiary/aromatic N) is 4. The molecule has 0 spiro atoms. The van der Waals surface area contributed by atoms with E-state index in [4.69, 9.17) is 0 Å². The fourth-order valence-corrected chi connectivity index (χ4v) is 4.02. The number of aromatic nitrogens is 4. The number of hydrogen-bond donors (Lipinski definition) is 1. The van der Waals surface area contributed by atoms with Crippen LogP contribution >= 0.6 is 11.3 Å². The first-order chi connectivity index (χ1) is 15.7. The van der Waals surface area contributed by atoms with Crippen LogP contribution in [0.4, 0.5) is 19.0 Å². The van der Waals surface area contributed by atoms with Crippen LogP contribution in [0.5, 0.6) is 0 Å². The van der Waals surface area contributed by atoms with E-state index >= 15 is 0 Å². The molecule has 0 fully saturated rings. The number of amides is 1. The molecule has 0 bridgehead atoms. The molecule has 3 heterocycles. The van der Waals surface area contributed by atoms with Gasteiger partial charge in [0.1, 0.15) is 10.8 Å². The predicted octanol–water partition coefficient (Wildman–Crippen LogP) is 5.46. The van der Waals surface area contributed by atoms with Gasteiger partial charge in [-0.1, -0.05) is 31.2 Å². The maximum atomic E-state index is 12.8. The van der Waals surface area contributed by atoms with Gasteiger partial charge in [-0.3, -0.25) is 4.79 Å². The van der Waals surface area contributed by atoms with Gasteiger partial charge in [-0.25, -0.2) is 9.97 Å². The molecule has 170 valence electrons. The lowest BCUT2D eigenvalue weighted by molar-refractivity contribution is -0.137. The van der Waals surface area contributed by atoms with Crippen LogP contribution in [-0.2, 0) is 23.8 Å².